The molecule has 0 radical (unpaired) electrons. The zero-order valence-corrected chi connectivity index (χ0v) is 30.7. The number of anilines is 6. The Hall–Kier alpha value is -6.18. The van der Waals surface area contributed by atoms with Gasteiger partial charge in [0.25, 0.3) is 0 Å². The fourth-order valence-electron chi connectivity index (χ4n) is 7.56. The number of rotatable bonds is 5. The molecule has 0 bridgehead atoms. The van der Waals surface area contributed by atoms with Gasteiger partial charge < -0.3 is 9.80 Å². The molecule has 0 aromatic heterocycles. The van der Waals surface area contributed by atoms with Crippen molar-refractivity contribution in [2.45, 2.75) is 39.3 Å². The number of nitriles is 2. The number of hydrogen-bond acceptors (Lipinski definition) is 6. The largest absolute Gasteiger partial charge is 0.307 e. The lowest BCUT2D eigenvalue weighted by atomic mass is 9.85. The predicted octanol–water partition coefficient (Wildman–Crippen LogP) is 13.8. The highest BCUT2D eigenvalue weighted by atomic mass is 32.2. The number of nitrogens with zero attached hydrogens (tertiary/aromatic N) is 4. The second-order valence-electron chi connectivity index (χ2n) is 13.4. The van der Waals surface area contributed by atoms with Crippen LogP contribution in [0.4, 0.5) is 34.1 Å². The first kappa shape index (κ1) is 32.7. The molecule has 4 nitrogen and oxygen atoms in total. The molecule has 9 rings (SSSR count). The van der Waals surface area contributed by atoms with E-state index in [2.05, 4.69) is 151 Å². The smallest absolute Gasteiger partial charge is 0.0991 e. The van der Waals surface area contributed by atoms with Gasteiger partial charge >= 0.3 is 0 Å². The summed E-state index contributed by atoms with van der Waals surface area (Å²) < 4.78 is 0. The van der Waals surface area contributed by atoms with Gasteiger partial charge in [0.15, 0.2) is 0 Å². The Kier molecular flexibility index (Phi) is 8.28. The van der Waals surface area contributed by atoms with Crippen LogP contribution >= 0.6 is 23.5 Å². The average Bonchev–Trinajstić information content (AvgIpc) is 3.21. The van der Waals surface area contributed by atoms with Crippen molar-refractivity contribution in [2.75, 3.05) is 9.80 Å². The predicted molar refractivity (Wildman–Crippen MR) is 218 cm³/mol. The van der Waals surface area contributed by atoms with Crippen LogP contribution in [0, 0.1) is 22.7 Å². The SMILES string of the molecule is CC(C)c1c(N2c3ccccc3Sc3ccccc32)c(-c2cccc(C#N)c2)cc(-c2cccc(C#N)c2)c1N1c2ccccc2Sc2ccccc21. The van der Waals surface area contributed by atoms with Crippen LogP contribution in [-0.4, -0.2) is 0 Å². The fraction of sp³-hybridized carbons (Fsp3) is 0.0638. The molecule has 0 spiro atoms. The molecule has 0 saturated carbocycles. The lowest BCUT2D eigenvalue weighted by Gasteiger charge is -2.41. The monoisotopic (exact) mass is 716 g/mol. The Morgan fingerprint density at radius 2 is 0.811 bits per heavy atom. The van der Waals surface area contributed by atoms with E-state index < -0.39 is 0 Å². The van der Waals surface area contributed by atoms with E-state index in [1.807, 2.05) is 36.4 Å². The Balaban J connectivity index is 1.50. The lowest BCUT2D eigenvalue weighted by Crippen LogP contribution is -2.22. The van der Waals surface area contributed by atoms with Crippen LogP contribution in [0.3, 0.4) is 0 Å². The molecule has 0 saturated heterocycles. The van der Waals surface area contributed by atoms with Gasteiger partial charge in [-0.2, -0.15) is 10.5 Å². The van der Waals surface area contributed by atoms with Crippen molar-refractivity contribution in [2.24, 2.45) is 0 Å². The summed E-state index contributed by atoms with van der Waals surface area (Å²) in [4.78, 5) is 9.59. The van der Waals surface area contributed by atoms with Crippen molar-refractivity contribution in [3.8, 4) is 34.4 Å². The van der Waals surface area contributed by atoms with E-state index in [1.165, 1.54) is 19.6 Å². The molecule has 0 amide bonds. The summed E-state index contributed by atoms with van der Waals surface area (Å²) in [5, 5.41) is 20.2. The van der Waals surface area contributed by atoms with Gasteiger partial charge in [-0.05, 0) is 95.9 Å². The minimum absolute atomic E-state index is 0.0415. The first-order chi connectivity index (χ1) is 26.0. The lowest BCUT2D eigenvalue weighted by molar-refractivity contribution is 0.861. The molecule has 2 heterocycles. The zero-order valence-electron chi connectivity index (χ0n) is 29.1. The molecule has 2 aliphatic rings. The van der Waals surface area contributed by atoms with E-state index in [9.17, 15) is 10.5 Å². The molecule has 0 atom stereocenters. The maximum absolute atomic E-state index is 10.1. The normalized spacial score (nSPS) is 12.6. The van der Waals surface area contributed by atoms with Crippen LogP contribution in [0.15, 0.2) is 171 Å². The van der Waals surface area contributed by atoms with Crippen molar-refractivity contribution in [1.82, 2.24) is 0 Å². The molecule has 0 N–H and O–H groups in total. The van der Waals surface area contributed by atoms with Gasteiger partial charge in [0, 0.05) is 36.3 Å². The Labute approximate surface area is 318 Å². The number of hydrogen-bond donors (Lipinski definition) is 0. The van der Waals surface area contributed by atoms with E-state index in [1.54, 1.807) is 23.5 Å². The van der Waals surface area contributed by atoms with Crippen molar-refractivity contribution < 1.29 is 0 Å². The fourth-order valence-corrected chi connectivity index (χ4v) is 9.67. The summed E-state index contributed by atoms with van der Waals surface area (Å²) in [6.07, 6.45) is 0. The molecule has 252 valence electrons. The van der Waals surface area contributed by atoms with Crippen LogP contribution in [0.5, 0.6) is 0 Å². The highest BCUT2D eigenvalue weighted by Crippen LogP contribution is 2.61. The van der Waals surface area contributed by atoms with Gasteiger partial charge in [0.1, 0.15) is 0 Å². The number of benzene rings is 7. The van der Waals surface area contributed by atoms with E-state index in [4.69, 9.17) is 0 Å². The molecule has 7 aromatic rings. The maximum atomic E-state index is 10.1. The van der Waals surface area contributed by atoms with E-state index in [0.717, 1.165) is 61.9 Å². The number of para-hydroxylation sites is 4. The van der Waals surface area contributed by atoms with Crippen LogP contribution < -0.4 is 9.80 Å². The minimum Gasteiger partial charge on any atom is -0.307 e. The summed E-state index contributed by atoms with van der Waals surface area (Å²) in [7, 11) is 0. The molecule has 7 aromatic carbocycles. The second kappa shape index (κ2) is 13.4. The van der Waals surface area contributed by atoms with Gasteiger partial charge in [-0.3, -0.25) is 0 Å². The molecule has 0 fully saturated rings. The van der Waals surface area contributed by atoms with Gasteiger partial charge in [0.2, 0.25) is 0 Å². The van der Waals surface area contributed by atoms with Crippen LogP contribution in [0.2, 0.25) is 0 Å². The van der Waals surface area contributed by atoms with E-state index >= 15 is 0 Å². The standard InChI is InChI=1S/C47H32N4S2/c1-30(2)45-46(50-37-17-3-7-21-41(37)52-42-22-8-4-18-38(42)50)35(33-15-11-13-31(25-33)28-48)27-36(34-16-12-14-32(26-34)29-49)47(45)51-39-19-5-9-23-43(39)53-44-24-10-6-20-40(44)51/h3-27,30H,1-2H3. The maximum Gasteiger partial charge on any atom is 0.0991 e. The molecule has 53 heavy (non-hydrogen) atoms. The first-order valence-electron chi connectivity index (χ1n) is 17.6. The van der Waals surface area contributed by atoms with Gasteiger partial charge in [-0.25, -0.2) is 0 Å². The Bertz CT molecular complexity index is 2400. The van der Waals surface area contributed by atoms with Crippen molar-refractivity contribution in [3.63, 3.8) is 0 Å². The number of fused-ring (bicyclic) bond motifs is 4. The summed E-state index contributed by atoms with van der Waals surface area (Å²) in [5.41, 5.74) is 12.9. The third-order valence-corrected chi connectivity index (χ3v) is 12.1. The topological polar surface area (TPSA) is 54.1 Å². The van der Waals surface area contributed by atoms with Crippen molar-refractivity contribution in [1.29, 1.82) is 10.5 Å². The molecule has 0 aliphatic carbocycles. The van der Waals surface area contributed by atoms with E-state index in [0.29, 0.717) is 11.1 Å². The molecular weight excluding hydrogens is 685 g/mol. The summed E-state index contributed by atoms with van der Waals surface area (Å²) in [6.45, 7) is 4.56. The molecule has 2 aliphatic heterocycles. The van der Waals surface area contributed by atoms with Crippen molar-refractivity contribution in [3.05, 3.63) is 168 Å². The molecule has 6 heteroatoms. The Morgan fingerprint density at radius 1 is 0.453 bits per heavy atom. The zero-order chi connectivity index (χ0) is 36.1. The first-order valence-corrected chi connectivity index (χ1v) is 19.2. The minimum atomic E-state index is 0.0415. The van der Waals surface area contributed by atoms with Crippen LogP contribution in [0.25, 0.3) is 22.3 Å². The van der Waals surface area contributed by atoms with Gasteiger partial charge in [-0.1, -0.05) is 110 Å². The summed E-state index contributed by atoms with van der Waals surface area (Å²) in [6, 6.07) is 57.5. The van der Waals surface area contributed by atoms with Gasteiger partial charge in [-0.15, -0.1) is 0 Å². The quantitative estimate of drug-likeness (QED) is 0.177. The third kappa shape index (κ3) is 5.56. The molecule has 0 unspecified atom stereocenters. The third-order valence-electron chi connectivity index (χ3n) is 9.80. The van der Waals surface area contributed by atoms with Crippen molar-refractivity contribution >= 4 is 57.6 Å². The highest BCUT2D eigenvalue weighted by Gasteiger charge is 2.36. The molecular formula is C47H32N4S2. The highest BCUT2D eigenvalue weighted by molar-refractivity contribution is 8.00. The van der Waals surface area contributed by atoms with Crippen LogP contribution in [-0.2, 0) is 0 Å². The summed E-state index contributed by atoms with van der Waals surface area (Å²) in [5.74, 6) is 0.0415. The second-order valence-corrected chi connectivity index (χ2v) is 15.5. The Morgan fingerprint density at radius 3 is 1.15 bits per heavy atom. The van der Waals surface area contributed by atoms with E-state index in [-0.39, 0.29) is 5.92 Å². The summed E-state index contributed by atoms with van der Waals surface area (Å²) >= 11 is 3.58. The van der Waals surface area contributed by atoms with Gasteiger partial charge in [0.05, 0.1) is 57.4 Å². The average molecular weight is 717 g/mol. The van der Waals surface area contributed by atoms with Crippen LogP contribution in [0.1, 0.15) is 36.5 Å².